The number of benzene rings is 1. The van der Waals surface area contributed by atoms with E-state index in [2.05, 4.69) is 41.1 Å². The fourth-order valence-corrected chi connectivity index (χ4v) is 4.53. The number of hydrogen-bond acceptors (Lipinski definition) is 4. The molecule has 6 nitrogen and oxygen atoms in total. The summed E-state index contributed by atoms with van der Waals surface area (Å²) in [5, 5.41) is 2.74. The standard InChI is InChI=1S/C26H33F2N3O3/c1-4-22(27)23(28)17-18(2)24-19(3)34-26(33)31(24)25(32)29-13-8-14-30-15-11-21(12-16-30)20-9-6-5-7-10-20/h4-7,9-10,17,19,21,24H,2,8,11-16H2,1,3H3,(H,29,32)/b22-4+,23-17+/t19-,24+/m1/s1. The summed E-state index contributed by atoms with van der Waals surface area (Å²) in [5.74, 6) is -1.57. The van der Waals surface area contributed by atoms with Gasteiger partial charge in [-0.3, -0.25) is 0 Å². The van der Waals surface area contributed by atoms with Crippen LogP contribution >= 0.6 is 0 Å². The number of halogens is 2. The zero-order valence-electron chi connectivity index (χ0n) is 19.8. The van der Waals surface area contributed by atoms with E-state index in [1.807, 2.05) is 6.07 Å². The summed E-state index contributed by atoms with van der Waals surface area (Å²) < 4.78 is 32.5. The van der Waals surface area contributed by atoms with Crippen LogP contribution in [0.4, 0.5) is 18.4 Å². The highest BCUT2D eigenvalue weighted by Crippen LogP contribution is 2.29. The fourth-order valence-electron chi connectivity index (χ4n) is 4.53. The Morgan fingerprint density at radius 3 is 2.53 bits per heavy atom. The molecular formula is C26H33F2N3O3. The zero-order valence-corrected chi connectivity index (χ0v) is 19.8. The van der Waals surface area contributed by atoms with E-state index in [1.54, 1.807) is 6.92 Å². The first-order chi connectivity index (χ1) is 16.3. The molecule has 0 bridgehead atoms. The maximum absolute atomic E-state index is 13.9. The lowest BCUT2D eigenvalue weighted by Gasteiger charge is -2.32. The molecule has 3 rings (SSSR count). The van der Waals surface area contributed by atoms with Gasteiger partial charge in [-0.15, -0.1) is 0 Å². The van der Waals surface area contributed by atoms with Crippen LogP contribution in [0.1, 0.15) is 44.6 Å². The van der Waals surface area contributed by atoms with Crippen molar-refractivity contribution >= 4 is 12.1 Å². The summed E-state index contributed by atoms with van der Waals surface area (Å²) in [6.07, 6.45) is 3.25. The smallest absolute Gasteiger partial charge is 0.419 e. The van der Waals surface area contributed by atoms with E-state index in [-0.39, 0.29) is 5.57 Å². The van der Waals surface area contributed by atoms with Crippen molar-refractivity contribution in [1.29, 1.82) is 0 Å². The van der Waals surface area contributed by atoms with E-state index in [0.717, 1.165) is 55.9 Å². The summed E-state index contributed by atoms with van der Waals surface area (Å²) in [5.41, 5.74) is 1.46. The van der Waals surface area contributed by atoms with E-state index >= 15 is 0 Å². The molecule has 0 spiro atoms. The molecule has 1 aromatic rings. The predicted molar refractivity (Wildman–Crippen MR) is 128 cm³/mol. The lowest BCUT2D eigenvalue weighted by Crippen LogP contribution is -2.47. The number of amides is 3. The van der Waals surface area contributed by atoms with Gasteiger partial charge in [-0.1, -0.05) is 36.9 Å². The Morgan fingerprint density at radius 2 is 1.88 bits per heavy atom. The average Bonchev–Trinajstić information content (AvgIpc) is 3.15. The molecule has 2 fully saturated rings. The quantitative estimate of drug-likeness (QED) is 0.402. The highest BCUT2D eigenvalue weighted by atomic mass is 19.2. The van der Waals surface area contributed by atoms with Crippen molar-refractivity contribution in [3.8, 4) is 0 Å². The van der Waals surface area contributed by atoms with Crippen LogP contribution < -0.4 is 5.32 Å². The second-order valence-corrected chi connectivity index (χ2v) is 8.72. The molecule has 184 valence electrons. The van der Waals surface area contributed by atoms with Crippen LogP contribution in [0.5, 0.6) is 0 Å². The number of carbonyl (C=O) groups is 2. The van der Waals surface area contributed by atoms with Gasteiger partial charge in [-0.2, -0.15) is 0 Å². The number of ether oxygens (including phenoxy) is 1. The molecule has 2 aliphatic rings. The third-order valence-corrected chi connectivity index (χ3v) is 6.38. The van der Waals surface area contributed by atoms with Gasteiger partial charge in [-0.25, -0.2) is 23.3 Å². The Bertz CT molecular complexity index is 940. The van der Waals surface area contributed by atoms with Crippen molar-refractivity contribution in [2.75, 3.05) is 26.2 Å². The van der Waals surface area contributed by atoms with E-state index in [0.29, 0.717) is 12.5 Å². The molecule has 3 amide bonds. The van der Waals surface area contributed by atoms with Crippen molar-refractivity contribution in [2.45, 2.75) is 51.2 Å². The number of piperidine rings is 1. The van der Waals surface area contributed by atoms with Gasteiger partial charge in [0.05, 0.1) is 0 Å². The van der Waals surface area contributed by atoms with Crippen LogP contribution in [0, 0.1) is 0 Å². The number of imide groups is 1. The number of nitrogens with zero attached hydrogens (tertiary/aromatic N) is 2. The first-order valence-electron chi connectivity index (χ1n) is 11.7. The van der Waals surface area contributed by atoms with Crippen LogP contribution in [-0.4, -0.2) is 60.2 Å². The average molecular weight is 474 g/mol. The van der Waals surface area contributed by atoms with Crippen molar-refractivity contribution in [3.05, 3.63) is 71.9 Å². The molecule has 0 aromatic heterocycles. The number of carbonyl (C=O) groups excluding carboxylic acids is 2. The molecule has 0 saturated carbocycles. The molecule has 2 aliphatic heterocycles. The third-order valence-electron chi connectivity index (χ3n) is 6.38. The zero-order chi connectivity index (χ0) is 24.7. The highest BCUT2D eigenvalue weighted by molar-refractivity contribution is 5.93. The van der Waals surface area contributed by atoms with Crippen LogP contribution in [0.25, 0.3) is 0 Å². The summed E-state index contributed by atoms with van der Waals surface area (Å²) in [6.45, 7) is 9.91. The van der Waals surface area contributed by atoms with Crippen LogP contribution in [0.15, 0.2) is 66.3 Å². The van der Waals surface area contributed by atoms with Crippen LogP contribution in [0.3, 0.4) is 0 Å². The Hall–Kier alpha value is -3.00. The first kappa shape index (κ1) is 25.6. The maximum Gasteiger partial charge on any atom is 0.419 e. The SMILES string of the molecule is C=C(/C=C(F)\C(F)=C/C)[C@H]1[C@@H](C)OC(=O)N1C(=O)NCCCN1CCC(c2ccccc2)CC1. The third kappa shape index (κ3) is 6.32. The van der Waals surface area contributed by atoms with E-state index in [4.69, 9.17) is 4.74 Å². The molecule has 2 saturated heterocycles. The molecule has 1 aromatic carbocycles. The molecule has 2 heterocycles. The normalized spacial score (nSPS) is 22.6. The lowest BCUT2D eigenvalue weighted by atomic mass is 9.89. The van der Waals surface area contributed by atoms with Gasteiger partial charge in [0.25, 0.3) is 0 Å². The largest absolute Gasteiger partial charge is 0.443 e. The Balaban J connectivity index is 1.46. The number of likely N-dealkylation sites (tertiary alicyclic amines) is 1. The molecule has 0 radical (unpaired) electrons. The van der Waals surface area contributed by atoms with E-state index in [9.17, 15) is 18.4 Å². The fraction of sp³-hybridized carbons (Fsp3) is 0.462. The first-order valence-corrected chi connectivity index (χ1v) is 11.7. The number of cyclic esters (lactones) is 1. The topological polar surface area (TPSA) is 61.9 Å². The van der Waals surface area contributed by atoms with E-state index < -0.39 is 35.9 Å². The molecule has 2 atom stereocenters. The molecule has 0 aliphatic carbocycles. The van der Waals surface area contributed by atoms with Crippen molar-refractivity contribution in [2.24, 2.45) is 0 Å². The summed E-state index contributed by atoms with van der Waals surface area (Å²) >= 11 is 0. The predicted octanol–water partition coefficient (Wildman–Crippen LogP) is 5.46. The summed E-state index contributed by atoms with van der Waals surface area (Å²) in [4.78, 5) is 28.2. The van der Waals surface area contributed by atoms with Crippen LogP contribution in [0.2, 0.25) is 0 Å². The van der Waals surface area contributed by atoms with Crippen molar-refractivity contribution in [1.82, 2.24) is 15.1 Å². The second kappa shape index (κ2) is 11.9. The van der Waals surface area contributed by atoms with Crippen molar-refractivity contribution < 1.29 is 23.1 Å². The van der Waals surface area contributed by atoms with Gasteiger partial charge in [-0.05, 0) is 82.0 Å². The molecule has 0 unspecified atom stereocenters. The number of hydrogen-bond donors (Lipinski definition) is 1. The Labute approximate surface area is 199 Å². The van der Waals surface area contributed by atoms with E-state index in [1.165, 1.54) is 12.5 Å². The monoisotopic (exact) mass is 473 g/mol. The van der Waals surface area contributed by atoms with Crippen molar-refractivity contribution in [3.63, 3.8) is 0 Å². The molecular weight excluding hydrogens is 440 g/mol. The maximum atomic E-state index is 13.9. The number of rotatable bonds is 8. The number of nitrogens with one attached hydrogen (secondary N) is 1. The minimum absolute atomic E-state index is 0.0734. The molecule has 1 N–H and O–H groups in total. The summed E-state index contributed by atoms with van der Waals surface area (Å²) in [7, 11) is 0. The minimum Gasteiger partial charge on any atom is -0.443 e. The lowest BCUT2D eigenvalue weighted by molar-refractivity contribution is 0.138. The van der Waals surface area contributed by atoms with Gasteiger partial charge in [0, 0.05) is 6.54 Å². The number of urea groups is 1. The molecule has 8 heteroatoms. The Morgan fingerprint density at radius 1 is 1.21 bits per heavy atom. The van der Waals surface area contributed by atoms with Gasteiger partial charge in [0.2, 0.25) is 0 Å². The second-order valence-electron chi connectivity index (χ2n) is 8.72. The highest BCUT2D eigenvalue weighted by Gasteiger charge is 2.44. The van der Waals surface area contributed by atoms with Gasteiger partial charge >= 0.3 is 12.1 Å². The number of allylic oxidation sites excluding steroid dienone is 3. The van der Waals surface area contributed by atoms with Gasteiger partial charge < -0.3 is 15.0 Å². The Kier molecular flexibility index (Phi) is 8.98. The van der Waals surface area contributed by atoms with Gasteiger partial charge in [0.1, 0.15) is 12.1 Å². The van der Waals surface area contributed by atoms with Gasteiger partial charge in [0.15, 0.2) is 11.7 Å². The molecule has 34 heavy (non-hydrogen) atoms. The van der Waals surface area contributed by atoms with Crippen LogP contribution in [-0.2, 0) is 4.74 Å². The summed E-state index contributed by atoms with van der Waals surface area (Å²) in [6, 6.07) is 9.00. The minimum atomic E-state index is -1.12.